The number of esters is 1. The highest BCUT2D eigenvalue weighted by Crippen LogP contribution is 2.22. The van der Waals surface area contributed by atoms with E-state index < -0.39 is 0 Å². The van der Waals surface area contributed by atoms with Gasteiger partial charge in [-0.1, -0.05) is 12.1 Å². The molecule has 0 unspecified atom stereocenters. The largest absolute Gasteiger partial charge is 0.462 e. The van der Waals surface area contributed by atoms with E-state index in [0.717, 1.165) is 24.8 Å². The first kappa shape index (κ1) is 16.0. The summed E-state index contributed by atoms with van der Waals surface area (Å²) in [6.07, 6.45) is 2.41. The minimum Gasteiger partial charge on any atom is -0.462 e. The summed E-state index contributed by atoms with van der Waals surface area (Å²) in [4.78, 5) is 11.9. The van der Waals surface area contributed by atoms with Crippen molar-refractivity contribution in [2.45, 2.75) is 40.0 Å². The molecule has 20 heavy (non-hydrogen) atoms. The average molecular weight is 274 g/mol. The van der Waals surface area contributed by atoms with Gasteiger partial charge >= 0.3 is 5.97 Å². The number of rotatable bonds is 6. The smallest absolute Gasteiger partial charge is 0.340 e. The van der Waals surface area contributed by atoms with Gasteiger partial charge in [-0.05, 0) is 51.7 Å². The Hall–Kier alpha value is -2.02. The molecule has 0 heterocycles. The number of aryl methyl sites for hydroxylation is 1. The number of hydrogen-bond acceptors (Lipinski definition) is 4. The van der Waals surface area contributed by atoms with Crippen LogP contribution in [0.15, 0.2) is 18.2 Å². The second-order valence-corrected chi connectivity index (χ2v) is 5.62. The fraction of sp³-hybridized carbons (Fsp3) is 0.500. The first-order valence-electron chi connectivity index (χ1n) is 6.81. The lowest BCUT2D eigenvalue weighted by atomic mass is 9.89. The van der Waals surface area contributed by atoms with Crippen LogP contribution in [0.2, 0.25) is 0 Å². The Morgan fingerprint density at radius 1 is 1.40 bits per heavy atom. The van der Waals surface area contributed by atoms with Crippen molar-refractivity contribution in [3.8, 4) is 6.07 Å². The van der Waals surface area contributed by atoms with Gasteiger partial charge in [0.25, 0.3) is 0 Å². The first-order chi connectivity index (χ1) is 9.37. The Kier molecular flexibility index (Phi) is 5.57. The molecule has 0 spiro atoms. The number of benzene rings is 1. The first-order valence-corrected chi connectivity index (χ1v) is 6.81. The number of carbonyl (C=O) groups is 1. The fourth-order valence-electron chi connectivity index (χ4n) is 1.83. The van der Waals surface area contributed by atoms with E-state index in [2.05, 4.69) is 6.07 Å². The molecule has 0 saturated carbocycles. The van der Waals surface area contributed by atoms with Crippen LogP contribution >= 0.6 is 0 Å². The number of nitriles is 1. The van der Waals surface area contributed by atoms with Crippen molar-refractivity contribution in [3.05, 3.63) is 29.3 Å². The highest BCUT2D eigenvalue weighted by atomic mass is 16.5. The van der Waals surface area contributed by atoms with Gasteiger partial charge in [0.1, 0.15) is 0 Å². The zero-order chi connectivity index (χ0) is 15.2. The standard InChI is InChI=1S/C16H22N2O2/c1-12-7-6-8-13(14(12)18)15(19)20-10-5-4-9-16(2,3)11-17/h6-8H,4-5,9-10,18H2,1-3H3. The highest BCUT2D eigenvalue weighted by molar-refractivity contribution is 5.95. The second kappa shape index (κ2) is 6.95. The summed E-state index contributed by atoms with van der Waals surface area (Å²) in [6, 6.07) is 7.57. The Morgan fingerprint density at radius 2 is 2.10 bits per heavy atom. The normalized spacial score (nSPS) is 10.9. The molecule has 2 N–H and O–H groups in total. The molecular weight excluding hydrogens is 252 g/mol. The van der Waals surface area contributed by atoms with Crippen LogP contribution in [0.1, 0.15) is 49.0 Å². The number of ether oxygens (including phenoxy) is 1. The van der Waals surface area contributed by atoms with Crippen molar-refractivity contribution in [2.24, 2.45) is 5.41 Å². The number of unbranched alkanes of at least 4 members (excludes halogenated alkanes) is 1. The third kappa shape index (κ3) is 4.58. The van der Waals surface area contributed by atoms with Crippen LogP contribution in [0.25, 0.3) is 0 Å². The minimum atomic E-state index is -0.384. The number of anilines is 1. The van der Waals surface area contributed by atoms with Crippen molar-refractivity contribution in [1.29, 1.82) is 5.26 Å². The predicted molar refractivity (Wildman–Crippen MR) is 79.1 cm³/mol. The van der Waals surface area contributed by atoms with E-state index in [1.165, 1.54) is 0 Å². The summed E-state index contributed by atoms with van der Waals surface area (Å²) >= 11 is 0. The maximum Gasteiger partial charge on any atom is 0.340 e. The lowest BCUT2D eigenvalue weighted by Crippen LogP contribution is -2.11. The Morgan fingerprint density at radius 3 is 2.75 bits per heavy atom. The highest BCUT2D eigenvalue weighted by Gasteiger charge is 2.16. The van der Waals surface area contributed by atoms with Crippen molar-refractivity contribution in [2.75, 3.05) is 12.3 Å². The molecule has 1 aromatic carbocycles. The van der Waals surface area contributed by atoms with Crippen molar-refractivity contribution in [1.82, 2.24) is 0 Å². The van der Waals surface area contributed by atoms with Crippen LogP contribution in [0.3, 0.4) is 0 Å². The average Bonchev–Trinajstić information content (AvgIpc) is 2.41. The lowest BCUT2D eigenvalue weighted by molar-refractivity contribution is 0.0497. The molecule has 0 aliphatic rings. The monoisotopic (exact) mass is 274 g/mol. The third-order valence-electron chi connectivity index (χ3n) is 3.28. The summed E-state index contributed by atoms with van der Waals surface area (Å²) in [5.74, 6) is -0.384. The van der Waals surface area contributed by atoms with Gasteiger partial charge in [-0.3, -0.25) is 0 Å². The number of nitrogen functional groups attached to an aromatic ring is 1. The lowest BCUT2D eigenvalue weighted by Gasteiger charge is -2.14. The Balaban J connectivity index is 2.38. The molecule has 4 heteroatoms. The molecule has 0 atom stereocenters. The third-order valence-corrected chi connectivity index (χ3v) is 3.28. The van der Waals surface area contributed by atoms with E-state index in [9.17, 15) is 4.79 Å². The van der Waals surface area contributed by atoms with E-state index >= 15 is 0 Å². The van der Waals surface area contributed by atoms with Crippen LogP contribution in [-0.4, -0.2) is 12.6 Å². The molecule has 0 fully saturated rings. The van der Waals surface area contributed by atoms with Crippen LogP contribution in [-0.2, 0) is 4.74 Å². The summed E-state index contributed by atoms with van der Waals surface area (Å²) in [5.41, 5.74) is 7.30. The Labute approximate surface area is 120 Å². The molecule has 0 amide bonds. The predicted octanol–water partition coefficient (Wildman–Crippen LogP) is 3.45. The van der Waals surface area contributed by atoms with Crippen LogP contribution in [0.5, 0.6) is 0 Å². The van der Waals surface area contributed by atoms with Crippen molar-refractivity contribution in [3.63, 3.8) is 0 Å². The molecule has 0 bridgehead atoms. The molecule has 0 aliphatic heterocycles. The van der Waals surface area contributed by atoms with E-state index in [1.807, 2.05) is 26.8 Å². The van der Waals surface area contributed by atoms with Gasteiger partial charge in [0.15, 0.2) is 0 Å². The van der Waals surface area contributed by atoms with Crippen LogP contribution in [0.4, 0.5) is 5.69 Å². The summed E-state index contributed by atoms with van der Waals surface area (Å²) in [6.45, 7) is 6.03. The van der Waals surface area contributed by atoms with Gasteiger partial charge in [0.05, 0.1) is 23.7 Å². The van der Waals surface area contributed by atoms with Crippen LogP contribution in [0, 0.1) is 23.7 Å². The maximum absolute atomic E-state index is 11.9. The number of nitrogens with zero attached hydrogens (tertiary/aromatic N) is 1. The maximum atomic E-state index is 11.9. The van der Waals surface area contributed by atoms with Gasteiger partial charge in [-0.2, -0.15) is 5.26 Å². The minimum absolute atomic E-state index is 0.315. The number of hydrogen-bond donors (Lipinski definition) is 1. The fourth-order valence-corrected chi connectivity index (χ4v) is 1.83. The molecule has 1 rings (SSSR count). The number of nitrogens with two attached hydrogens (primary N) is 1. The van der Waals surface area contributed by atoms with E-state index in [0.29, 0.717) is 17.9 Å². The Bertz CT molecular complexity index is 516. The molecule has 0 aliphatic carbocycles. The second-order valence-electron chi connectivity index (χ2n) is 5.62. The molecule has 108 valence electrons. The number of para-hydroxylation sites is 1. The number of carbonyl (C=O) groups excluding carboxylic acids is 1. The van der Waals surface area contributed by atoms with Gasteiger partial charge < -0.3 is 10.5 Å². The van der Waals surface area contributed by atoms with Gasteiger partial charge in [0.2, 0.25) is 0 Å². The van der Waals surface area contributed by atoms with Crippen LogP contribution < -0.4 is 5.73 Å². The van der Waals surface area contributed by atoms with E-state index in [1.54, 1.807) is 12.1 Å². The van der Waals surface area contributed by atoms with E-state index in [4.69, 9.17) is 15.7 Å². The van der Waals surface area contributed by atoms with Gasteiger partial charge in [0, 0.05) is 5.69 Å². The SMILES string of the molecule is Cc1cccc(C(=O)OCCCCC(C)(C)C#N)c1N. The topological polar surface area (TPSA) is 76.1 Å². The summed E-state index contributed by atoms with van der Waals surface area (Å²) in [5, 5.41) is 8.89. The molecular formula is C16H22N2O2. The summed E-state index contributed by atoms with van der Waals surface area (Å²) < 4.78 is 5.21. The van der Waals surface area contributed by atoms with Gasteiger partial charge in [-0.15, -0.1) is 0 Å². The molecule has 1 aromatic rings. The molecule has 4 nitrogen and oxygen atoms in total. The van der Waals surface area contributed by atoms with E-state index in [-0.39, 0.29) is 11.4 Å². The molecule has 0 aromatic heterocycles. The quantitative estimate of drug-likeness (QED) is 0.489. The molecule has 0 saturated heterocycles. The summed E-state index contributed by atoms with van der Waals surface area (Å²) in [7, 11) is 0. The van der Waals surface area contributed by atoms with Crippen molar-refractivity contribution < 1.29 is 9.53 Å². The van der Waals surface area contributed by atoms with Gasteiger partial charge in [-0.25, -0.2) is 4.79 Å². The zero-order valence-electron chi connectivity index (χ0n) is 12.4. The zero-order valence-corrected chi connectivity index (χ0v) is 12.4. The molecule has 0 radical (unpaired) electrons. The van der Waals surface area contributed by atoms with Crippen molar-refractivity contribution >= 4 is 11.7 Å².